The topological polar surface area (TPSA) is 48.1 Å². The molecule has 2 N–H and O–H groups in total. The highest BCUT2D eigenvalue weighted by molar-refractivity contribution is 5.15. The van der Waals surface area contributed by atoms with Crippen molar-refractivity contribution in [1.29, 1.82) is 0 Å². The zero-order valence-corrected chi connectivity index (χ0v) is 12.9. The monoisotopic (exact) mass is 276 g/mol. The molecule has 1 aliphatic carbocycles. The van der Waals surface area contributed by atoms with Gasteiger partial charge >= 0.3 is 0 Å². The number of hydrogen-bond donors (Lipinski definition) is 1. The first-order chi connectivity index (χ1) is 9.70. The van der Waals surface area contributed by atoms with Gasteiger partial charge in [-0.2, -0.15) is 0 Å². The van der Waals surface area contributed by atoms with Crippen LogP contribution in [0.25, 0.3) is 0 Å². The van der Waals surface area contributed by atoms with Gasteiger partial charge < -0.3 is 10.5 Å². The lowest BCUT2D eigenvalue weighted by atomic mass is 9.78. The van der Waals surface area contributed by atoms with Crippen molar-refractivity contribution in [2.75, 3.05) is 6.61 Å². The molecule has 1 fully saturated rings. The average molecular weight is 276 g/mol. The first kappa shape index (κ1) is 15.5. The van der Waals surface area contributed by atoms with Crippen LogP contribution in [0.1, 0.15) is 57.2 Å². The summed E-state index contributed by atoms with van der Waals surface area (Å²) in [7, 11) is 0. The van der Waals surface area contributed by atoms with Crippen LogP contribution >= 0.6 is 0 Å². The number of hydrogen-bond acceptors (Lipinski definition) is 3. The Hall–Kier alpha value is -0.930. The summed E-state index contributed by atoms with van der Waals surface area (Å²) in [6, 6.07) is 4.31. The predicted molar refractivity (Wildman–Crippen MR) is 82.7 cm³/mol. The van der Waals surface area contributed by atoms with Gasteiger partial charge in [-0.25, -0.2) is 0 Å². The second-order valence-electron chi connectivity index (χ2n) is 5.88. The summed E-state index contributed by atoms with van der Waals surface area (Å²) in [6.45, 7) is 4.96. The molecule has 1 aliphatic rings. The maximum atomic E-state index is 6.51. The van der Waals surface area contributed by atoms with E-state index >= 15 is 0 Å². The zero-order valence-electron chi connectivity index (χ0n) is 12.9. The van der Waals surface area contributed by atoms with Gasteiger partial charge in [0.25, 0.3) is 0 Å². The number of aryl methyl sites for hydroxylation is 1. The van der Waals surface area contributed by atoms with Crippen LogP contribution in [0.3, 0.4) is 0 Å². The minimum atomic E-state index is -0.127. The van der Waals surface area contributed by atoms with Crippen molar-refractivity contribution in [1.82, 2.24) is 4.98 Å². The average Bonchev–Trinajstić information content (AvgIpc) is 2.49. The third kappa shape index (κ3) is 3.58. The lowest BCUT2D eigenvalue weighted by Gasteiger charge is -2.41. The second-order valence-corrected chi connectivity index (χ2v) is 5.88. The fourth-order valence-electron chi connectivity index (χ4n) is 3.26. The molecule has 1 atom stereocenters. The molecule has 0 bridgehead atoms. The van der Waals surface area contributed by atoms with E-state index in [1.54, 1.807) is 0 Å². The molecule has 0 aromatic carbocycles. The summed E-state index contributed by atoms with van der Waals surface area (Å²) < 4.78 is 6.10. The van der Waals surface area contributed by atoms with E-state index in [4.69, 9.17) is 10.5 Å². The van der Waals surface area contributed by atoms with E-state index in [-0.39, 0.29) is 11.6 Å². The number of nitrogens with two attached hydrogens (primary N) is 1. The molecule has 0 spiro atoms. The first-order valence-corrected chi connectivity index (χ1v) is 8.03. The summed E-state index contributed by atoms with van der Waals surface area (Å²) in [5.74, 6) is 0. The fourth-order valence-corrected chi connectivity index (χ4v) is 3.26. The number of nitrogens with zero attached hydrogens (tertiary/aromatic N) is 1. The molecular formula is C17H28N2O. The summed E-state index contributed by atoms with van der Waals surface area (Å²) in [5.41, 5.74) is 8.74. The third-order valence-electron chi connectivity index (χ3n) is 4.53. The van der Waals surface area contributed by atoms with Crippen LogP contribution < -0.4 is 5.73 Å². The molecule has 0 saturated heterocycles. The van der Waals surface area contributed by atoms with Gasteiger partial charge in [-0.15, -0.1) is 0 Å². The van der Waals surface area contributed by atoms with Crippen LogP contribution in [0.2, 0.25) is 0 Å². The summed E-state index contributed by atoms with van der Waals surface area (Å²) >= 11 is 0. The first-order valence-electron chi connectivity index (χ1n) is 8.03. The predicted octanol–water partition coefficient (Wildman–Crippen LogP) is 3.25. The number of pyridine rings is 1. The number of rotatable bonds is 6. The van der Waals surface area contributed by atoms with Gasteiger partial charge in [0.15, 0.2) is 0 Å². The zero-order chi connectivity index (χ0) is 14.4. The van der Waals surface area contributed by atoms with E-state index in [1.807, 2.05) is 6.20 Å². The minimum absolute atomic E-state index is 0.0442. The lowest BCUT2D eigenvalue weighted by molar-refractivity contribution is -0.0819. The maximum Gasteiger partial charge on any atom is 0.0836 e. The largest absolute Gasteiger partial charge is 0.374 e. The highest BCUT2D eigenvalue weighted by Gasteiger charge is 2.38. The summed E-state index contributed by atoms with van der Waals surface area (Å²) in [5, 5.41) is 0. The van der Waals surface area contributed by atoms with E-state index in [9.17, 15) is 0 Å². The number of aromatic nitrogens is 1. The van der Waals surface area contributed by atoms with Crippen LogP contribution in [0.5, 0.6) is 0 Å². The van der Waals surface area contributed by atoms with Gasteiger partial charge in [-0.05, 0) is 37.8 Å². The van der Waals surface area contributed by atoms with E-state index in [0.717, 1.165) is 38.0 Å². The van der Waals surface area contributed by atoms with Crippen LogP contribution in [-0.2, 0) is 17.6 Å². The van der Waals surface area contributed by atoms with E-state index in [2.05, 4.69) is 31.0 Å². The van der Waals surface area contributed by atoms with Crippen molar-refractivity contribution in [2.45, 2.75) is 70.4 Å². The molecule has 1 aromatic heterocycles. The quantitative estimate of drug-likeness (QED) is 0.867. The van der Waals surface area contributed by atoms with Crippen LogP contribution in [-0.4, -0.2) is 23.2 Å². The van der Waals surface area contributed by atoms with E-state index in [1.165, 1.54) is 24.8 Å². The summed E-state index contributed by atoms with van der Waals surface area (Å²) in [6.07, 6.45) is 9.77. The standard InChI is InChI=1S/C17H28N2O/c1-3-14-8-9-15(19-13-14)12-16(18)17(20-4-2)10-6-5-7-11-17/h8-9,13,16H,3-7,10-12,18H2,1-2H3. The van der Waals surface area contributed by atoms with Gasteiger partial charge in [-0.3, -0.25) is 4.98 Å². The number of ether oxygens (including phenoxy) is 1. The molecule has 112 valence electrons. The molecular weight excluding hydrogens is 248 g/mol. The Morgan fingerprint density at radius 3 is 2.55 bits per heavy atom. The van der Waals surface area contributed by atoms with Crippen molar-refractivity contribution in [3.05, 3.63) is 29.6 Å². The van der Waals surface area contributed by atoms with Crippen molar-refractivity contribution < 1.29 is 4.74 Å². The molecule has 0 radical (unpaired) electrons. The molecule has 1 aromatic rings. The van der Waals surface area contributed by atoms with E-state index in [0.29, 0.717) is 0 Å². The maximum absolute atomic E-state index is 6.51. The normalized spacial score (nSPS) is 19.8. The van der Waals surface area contributed by atoms with Gasteiger partial charge in [0.1, 0.15) is 0 Å². The molecule has 1 heterocycles. The van der Waals surface area contributed by atoms with Gasteiger partial charge in [0.2, 0.25) is 0 Å². The Morgan fingerprint density at radius 2 is 2.00 bits per heavy atom. The smallest absolute Gasteiger partial charge is 0.0836 e. The van der Waals surface area contributed by atoms with Gasteiger partial charge in [-0.1, -0.05) is 32.3 Å². The minimum Gasteiger partial charge on any atom is -0.374 e. The van der Waals surface area contributed by atoms with Crippen molar-refractivity contribution in [3.8, 4) is 0 Å². The van der Waals surface area contributed by atoms with Gasteiger partial charge in [0, 0.05) is 31.0 Å². The Bertz CT molecular complexity index is 390. The molecule has 2 rings (SSSR count). The Kier molecular flexibility index (Phi) is 5.55. The SMILES string of the molecule is CCOC1(C(N)Cc2ccc(CC)cn2)CCCCC1. The van der Waals surface area contributed by atoms with Crippen LogP contribution in [0.4, 0.5) is 0 Å². The van der Waals surface area contributed by atoms with Crippen LogP contribution in [0.15, 0.2) is 18.3 Å². The summed E-state index contributed by atoms with van der Waals surface area (Å²) in [4.78, 5) is 4.54. The molecule has 3 heteroatoms. The molecule has 20 heavy (non-hydrogen) atoms. The third-order valence-corrected chi connectivity index (χ3v) is 4.53. The fraction of sp³-hybridized carbons (Fsp3) is 0.706. The van der Waals surface area contributed by atoms with Crippen LogP contribution in [0, 0.1) is 0 Å². The molecule has 1 unspecified atom stereocenters. The van der Waals surface area contributed by atoms with Crippen molar-refractivity contribution in [3.63, 3.8) is 0 Å². The Morgan fingerprint density at radius 1 is 1.25 bits per heavy atom. The lowest BCUT2D eigenvalue weighted by Crippen LogP contribution is -2.52. The molecule has 3 nitrogen and oxygen atoms in total. The van der Waals surface area contributed by atoms with Crippen molar-refractivity contribution in [2.24, 2.45) is 5.73 Å². The van der Waals surface area contributed by atoms with Gasteiger partial charge in [0.05, 0.1) is 5.60 Å². The Labute approximate surface area is 122 Å². The molecule has 0 amide bonds. The van der Waals surface area contributed by atoms with Crippen molar-refractivity contribution >= 4 is 0 Å². The highest BCUT2D eigenvalue weighted by atomic mass is 16.5. The highest BCUT2D eigenvalue weighted by Crippen LogP contribution is 2.34. The Balaban J connectivity index is 2.05. The molecule has 0 aliphatic heterocycles. The molecule has 1 saturated carbocycles. The van der Waals surface area contributed by atoms with E-state index < -0.39 is 0 Å². The second kappa shape index (κ2) is 7.19.